The van der Waals surface area contributed by atoms with Gasteiger partial charge in [-0.1, -0.05) is 25.7 Å². The van der Waals surface area contributed by atoms with Crippen LogP contribution in [-0.2, 0) is 36.2 Å². The average molecular weight is 344 g/mol. The molecule has 0 aliphatic heterocycles. The predicted octanol–water partition coefficient (Wildman–Crippen LogP) is 3.11. The van der Waals surface area contributed by atoms with Crippen LogP contribution in [0.5, 0.6) is 0 Å². The van der Waals surface area contributed by atoms with Crippen molar-refractivity contribution in [2.45, 2.75) is 25.7 Å². The summed E-state index contributed by atoms with van der Waals surface area (Å²) in [7, 11) is 0. The maximum absolute atomic E-state index is 2.26. The molecular weight excluding hydrogens is 322 g/mol. The van der Waals surface area contributed by atoms with Gasteiger partial charge in [0.25, 0.3) is 0 Å². The van der Waals surface area contributed by atoms with Gasteiger partial charge in [-0.2, -0.15) is 23.3 Å². The minimum Gasteiger partial charge on any atom is -0.210 e. The zero-order chi connectivity index (χ0) is 8.10. The largest absolute Gasteiger partial charge is 0.210 e. The van der Waals surface area contributed by atoms with Gasteiger partial charge in [-0.25, -0.2) is 6.07 Å². The first kappa shape index (κ1) is 25.0. The monoisotopic (exact) mass is 341 g/mol. The molecule has 0 saturated carbocycles. The molecule has 0 atom stereocenters. The van der Waals surface area contributed by atoms with Crippen LogP contribution in [0.3, 0.4) is 0 Å². The van der Waals surface area contributed by atoms with Gasteiger partial charge in [-0.3, -0.25) is 0 Å². The molecule has 0 bridgehead atoms. The maximum Gasteiger partial charge on any atom is -0.0512 e. The van der Waals surface area contributed by atoms with Crippen molar-refractivity contribution in [2.75, 3.05) is 0 Å². The molecule has 15 heavy (non-hydrogen) atoms. The van der Waals surface area contributed by atoms with Gasteiger partial charge in [-0.15, -0.1) is 24.8 Å². The van der Waals surface area contributed by atoms with E-state index in [2.05, 4.69) is 18.2 Å². The Bertz CT molecular complexity index is 206. The summed E-state index contributed by atoms with van der Waals surface area (Å²) < 4.78 is 0. The Kier molecular flexibility index (Phi) is 25.1. The third-order valence-corrected chi connectivity index (χ3v) is 2.15. The standard InChI is InChI=1S/C9H11.2CH3.2ClH.H2Si.Zr/c1-2-5-9-7-3-6-8(9)4-1;;;;;;/h3,6-7H,1-2,4-5H2;2*1H3;2*1H;1H2;/q3*-1;;;;. The normalized spacial score (nSPS) is 10.6. The van der Waals surface area contributed by atoms with Crippen LogP contribution >= 0.6 is 24.8 Å². The molecular formula is C11H21Cl2SiZr-3. The van der Waals surface area contributed by atoms with Crippen molar-refractivity contribution < 1.29 is 23.3 Å². The van der Waals surface area contributed by atoms with Crippen LogP contribution in [0, 0.1) is 14.9 Å². The topological polar surface area (TPSA) is 0 Å². The van der Waals surface area contributed by atoms with Gasteiger partial charge < -0.3 is 14.9 Å². The maximum atomic E-state index is 2.26. The van der Waals surface area contributed by atoms with Gasteiger partial charge in [0.15, 0.2) is 0 Å². The number of hydrogen-bond donors (Lipinski definition) is 0. The molecule has 0 aromatic heterocycles. The van der Waals surface area contributed by atoms with Crippen molar-refractivity contribution in [2.24, 2.45) is 0 Å². The summed E-state index contributed by atoms with van der Waals surface area (Å²) in [6.45, 7) is 1.95. The fraction of sp³-hybridized carbons (Fsp3) is 0.364. The summed E-state index contributed by atoms with van der Waals surface area (Å²) in [5, 5.41) is 0. The van der Waals surface area contributed by atoms with Crippen molar-refractivity contribution >= 4 is 31.7 Å². The van der Waals surface area contributed by atoms with E-state index in [-0.39, 0.29) is 39.7 Å². The molecule has 2 rings (SSSR count). The van der Waals surface area contributed by atoms with Crippen LogP contribution in [0.4, 0.5) is 0 Å². The Labute approximate surface area is 124 Å². The molecule has 1 aromatic rings. The molecule has 0 spiro atoms. The van der Waals surface area contributed by atoms with E-state index in [1.54, 1.807) is 34.5 Å². The molecule has 0 nitrogen and oxygen atoms in total. The molecule has 0 unspecified atom stereocenters. The Morgan fingerprint density at radius 1 is 1.07 bits per heavy atom. The Balaban J connectivity index is -0.0000000959. The molecule has 0 fully saturated rings. The fourth-order valence-electron chi connectivity index (χ4n) is 1.61. The van der Waals surface area contributed by atoms with Gasteiger partial charge in [0.1, 0.15) is 0 Å². The van der Waals surface area contributed by atoms with E-state index in [0.29, 0.717) is 0 Å². The number of aryl methyl sites for hydroxylation is 2. The summed E-state index contributed by atoms with van der Waals surface area (Å²) in [4.78, 5) is 0. The van der Waals surface area contributed by atoms with Crippen molar-refractivity contribution in [3.05, 3.63) is 44.2 Å². The minimum absolute atomic E-state index is 0. The van der Waals surface area contributed by atoms with E-state index in [4.69, 9.17) is 0 Å². The van der Waals surface area contributed by atoms with Crippen LogP contribution in [0.15, 0.2) is 18.2 Å². The number of hydrogen-bond acceptors (Lipinski definition) is 0. The average Bonchev–Trinajstić information content (AvgIpc) is 2.55. The number of rotatable bonds is 0. The van der Waals surface area contributed by atoms with Crippen LogP contribution in [-0.4, -0.2) is 6.88 Å². The van der Waals surface area contributed by atoms with E-state index >= 15 is 0 Å². The minimum atomic E-state index is 0. The quantitative estimate of drug-likeness (QED) is 0.502. The second kappa shape index (κ2) is 15.0. The van der Waals surface area contributed by atoms with Crippen molar-refractivity contribution in [1.82, 2.24) is 0 Å². The van der Waals surface area contributed by atoms with Crippen LogP contribution in [0.2, 0.25) is 0 Å². The summed E-state index contributed by atoms with van der Waals surface area (Å²) in [6, 6.07) is 6.69. The van der Waals surface area contributed by atoms with E-state index in [1.165, 1.54) is 25.7 Å². The molecule has 1 aliphatic carbocycles. The molecule has 0 heterocycles. The summed E-state index contributed by atoms with van der Waals surface area (Å²) in [5.41, 5.74) is 3.20. The molecule has 1 aliphatic rings. The Hall–Kier alpha value is 1.03. The third kappa shape index (κ3) is 7.85. The van der Waals surface area contributed by atoms with Gasteiger partial charge in [-0.05, 0) is 0 Å². The van der Waals surface area contributed by atoms with Gasteiger partial charge >= 0.3 is 30.2 Å². The second-order valence-electron chi connectivity index (χ2n) is 2.78. The van der Waals surface area contributed by atoms with E-state index in [1.807, 2.05) is 6.88 Å². The zero-order valence-electron chi connectivity index (χ0n) is 9.58. The number of fused-ring (bicyclic) bond motifs is 1. The van der Waals surface area contributed by atoms with E-state index < -0.39 is 0 Å². The molecule has 90 valence electrons. The number of halogens is 2. The van der Waals surface area contributed by atoms with Crippen LogP contribution < -0.4 is 0 Å². The Morgan fingerprint density at radius 2 is 1.60 bits per heavy atom. The van der Waals surface area contributed by atoms with E-state index in [0.717, 1.165) is 0 Å². The SMILES string of the molecule is Cl.Cl.[CH3-].[CH3-].[SiH2]=[Zr].c1cc2c([cH-]1)CCCC2. The van der Waals surface area contributed by atoms with Crippen molar-refractivity contribution in [3.63, 3.8) is 0 Å². The molecule has 0 amide bonds. The smallest absolute Gasteiger partial charge is 0.0512 e. The summed E-state index contributed by atoms with van der Waals surface area (Å²) in [5.74, 6) is 0. The predicted molar refractivity (Wildman–Crippen MR) is 74.5 cm³/mol. The van der Waals surface area contributed by atoms with Crippen LogP contribution in [0.1, 0.15) is 24.0 Å². The molecule has 0 N–H and O–H groups in total. The van der Waals surface area contributed by atoms with Crippen molar-refractivity contribution in [1.29, 1.82) is 0 Å². The van der Waals surface area contributed by atoms with Gasteiger partial charge in [0.05, 0.1) is 0 Å². The molecule has 1 aromatic carbocycles. The molecule has 0 saturated heterocycles. The van der Waals surface area contributed by atoms with Gasteiger partial charge in [0, 0.05) is 0 Å². The third-order valence-electron chi connectivity index (χ3n) is 2.15. The summed E-state index contributed by atoms with van der Waals surface area (Å²) in [6.07, 6.45) is 5.44. The fourth-order valence-corrected chi connectivity index (χ4v) is 1.61. The van der Waals surface area contributed by atoms with E-state index in [9.17, 15) is 0 Å². The van der Waals surface area contributed by atoms with Crippen LogP contribution in [0.25, 0.3) is 0 Å². The second-order valence-corrected chi connectivity index (χ2v) is 2.78. The van der Waals surface area contributed by atoms with Gasteiger partial charge in [0.2, 0.25) is 0 Å². The first-order valence-electron chi connectivity index (χ1n) is 4.05. The molecule has 0 radical (unpaired) electrons. The Morgan fingerprint density at radius 3 is 2.13 bits per heavy atom. The van der Waals surface area contributed by atoms with Crippen molar-refractivity contribution in [3.8, 4) is 0 Å². The molecule has 4 heteroatoms. The summed E-state index contributed by atoms with van der Waals surface area (Å²) >= 11 is 1.58. The first-order chi connectivity index (χ1) is 5.47. The first-order valence-corrected chi connectivity index (χ1v) is 9.98. The zero-order valence-corrected chi connectivity index (χ0v) is 15.1.